The maximum atomic E-state index is 10.4. The van der Waals surface area contributed by atoms with Crippen molar-refractivity contribution in [2.75, 3.05) is 6.61 Å². The largest absolute Gasteiger partial charge is 0.353 e. The van der Waals surface area contributed by atoms with Gasteiger partial charge in [0.05, 0.1) is 6.10 Å². The molecule has 3 heteroatoms. The van der Waals surface area contributed by atoms with Crippen LogP contribution in [0, 0.1) is 0 Å². The molecule has 0 aromatic rings. The first-order valence-electron chi connectivity index (χ1n) is 6.76. The summed E-state index contributed by atoms with van der Waals surface area (Å²) < 4.78 is 11.4. The molecule has 0 aliphatic carbocycles. The van der Waals surface area contributed by atoms with Gasteiger partial charge >= 0.3 is 0 Å². The second-order valence-electron chi connectivity index (χ2n) is 4.49. The lowest BCUT2D eigenvalue weighted by Crippen LogP contribution is -2.27. The molecular weight excluding hydrogens is 216 g/mol. The highest BCUT2D eigenvalue weighted by Crippen LogP contribution is 2.18. The maximum absolute atomic E-state index is 10.4. The minimum Gasteiger partial charge on any atom is -0.353 e. The van der Waals surface area contributed by atoms with Gasteiger partial charge in [-0.3, -0.25) is 4.79 Å². The first-order valence-corrected chi connectivity index (χ1v) is 6.76. The Hall–Kier alpha value is -0.670. The minimum absolute atomic E-state index is 0.0230. The Morgan fingerprint density at radius 2 is 2.29 bits per heavy atom. The third-order valence-electron chi connectivity index (χ3n) is 2.96. The van der Waals surface area contributed by atoms with Crippen LogP contribution in [0.1, 0.15) is 51.9 Å². The SMILES string of the molecule is CCCCCC(C=CC=O)OC1CCCCO1. The van der Waals surface area contributed by atoms with E-state index in [2.05, 4.69) is 6.92 Å². The molecule has 0 aromatic heterocycles. The number of carbonyl (C=O) groups excluding carboxylic acids is 1. The third-order valence-corrected chi connectivity index (χ3v) is 2.96. The minimum atomic E-state index is -0.0771. The number of unbranched alkanes of at least 4 members (excludes halogenated alkanes) is 2. The van der Waals surface area contributed by atoms with Crippen LogP contribution >= 0.6 is 0 Å². The van der Waals surface area contributed by atoms with Gasteiger partial charge in [-0.1, -0.05) is 32.3 Å². The predicted octanol–water partition coefficient (Wildman–Crippen LogP) is 3.23. The van der Waals surface area contributed by atoms with Crippen molar-refractivity contribution in [3.63, 3.8) is 0 Å². The van der Waals surface area contributed by atoms with Crippen molar-refractivity contribution in [1.82, 2.24) is 0 Å². The van der Waals surface area contributed by atoms with E-state index in [9.17, 15) is 4.79 Å². The van der Waals surface area contributed by atoms with Gasteiger partial charge in [-0.15, -0.1) is 0 Å². The second-order valence-corrected chi connectivity index (χ2v) is 4.49. The Balaban J connectivity index is 2.32. The van der Waals surface area contributed by atoms with E-state index < -0.39 is 0 Å². The van der Waals surface area contributed by atoms with E-state index in [1.165, 1.54) is 25.3 Å². The number of hydrogen-bond acceptors (Lipinski definition) is 3. The van der Waals surface area contributed by atoms with Crippen LogP contribution in [0.25, 0.3) is 0 Å². The van der Waals surface area contributed by atoms with Crippen LogP contribution < -0.4 is 0 Å². The van der Waals surface area contributed by atoms with Crippen LogP contribution in [0.2, 0.25) is 0 Å². The summed E-state index contributed by atoms with van der Waals surface area (Å²) in [6.45, 7) is 2.98. The Labute approximate surface area is 104 Å². The number of ether oxygens (including phenoxy) is 2. The fourth-order valence-electron chi connectivity index (χ4n) is 1.99. The highest BCUT2D eigenvalue weighted by Gasteiger charge is 2.17. The zero-order valence-electron chi connectivity index (χ0n) is 10.8. The van der Waals surface area contributed by atoms with Crippen LogP contribution in [-0.4, -0.2) is 25.3 Å². The van der Waals surface area contributed by atoms with Gasteiger partial charge in [-0.2, -0.15) is 0 Å². The van der Waals surface area contributed by atoms with Crippen molar-refractivity contribution in [2.45, 2.75) is 64.3 Å². The normalized spacial score (nSPS) is 22.8. The molecule has 0 radical (unpaired) electrons. The quantitative estimate of drug-likeness (QED) is 0.371. The molecule has 0 N–H and O–H groups in total. The van der Waals surface area contributed by atoms with Crippen LogP contribution in [0.3, 0.4) is 0 Å². The standard InChI is InChI=1S/C14H24O3/c1-2-3-4-8-13(9-7-11-15)17-14-10-5-6-12-16-14/h7,9,11,13-14H,2-6,8,10,12H2,1H3. The first-order chi connectivity index (χ1) is 8.36. The number of rotatable bonds is 8. The molecule has 0 bridgehead atoms. The molecule has 17 heavy (non-hydrogen) atoms. The van der Waals surface area contributed by atoms with Crippen LogP contribution in [0.4, 0.5) is 0 Å². The first kappa shape index (κ1) is 14.4. The highest BCUT2D eigenvalue weighted by atomic mass is 16.7. The Bertz CT molecular complexity index is 220. The van der Waals surface area contributed by atoms with E-state index >= 15 is 0 Å². The summed E-state index contributed by atoms with van der Waals surface area (Å²) in [7, 11) is 0. The molecule has 0 spiro atoms. The predicted molar refractivity (Wildman–Crippen MR) is 67.8 cm³/mol. The summed E-state index contributed by atoms with van der Waals surface area (Å²) in [5, 5.41) is 0. The fraction of sp³-hybridized carbons (Fsp3) is 0.786. The monoisotopic (exact) mass is 240 g/mol. The summed E-state index contributed by atoms with van der Waals surface area (Å²) in [6, 6.07) is 0. The molecule has 1 aliphatic rings. The van der Waals surface area contributed by atoms with Crippen molar-refractivity contribution in [2.24, 2.45) is 0 Å². The zero-order valence-corrected chi connectivity index (χ0v) is 10.8. The van der Waals surface area contributed by atoms with E-state index in [1.807, 2.05) is 6.08 Å². The summed E-state index contributed by atoms with van der Waals surface area (Å²) in [4.78, 5) is 10.4. The van der Waals surface area contributed by atoms with Crippen LogP contribution in [0.5, 0.6) is 0 Å². The third kappa shape index (κ3) is 6.59. The average molecular weight is 240 g/mol. The van der Waals surface area contributed by atoms with Gasteiger partial charge in [0, 0.05) is 6.61 Å². The van der Waals surface area contributed by atoms with Gasteiger partial charge in [0.15, 0.2) is 6.29 Å². The number of aldehydes is 1. The Kier molecular flexibility index (Phi) is 7.93. The molecule has 0 amide bonds. The van der Waals surface area contributed by atoms with Crippen molar-refractivity contribution in [3.8, 4) is 0 Å². The van der Waals surface area contributed by atoms with Crippen molar-refractivity contribution < 1.29 is 14.3 Å². The van der Waals surface area contributed by atoms with Gasteiger partial charge < -0.3 is 9.47 Å². The van der Waals surface area contributed by atoms with Gasteiger partial charge in [-0.25, -0.2) is 0 Å². The molecule has 2 unspecified atom stereocenters. The molecule has 0 saturated carbocycles. The van der Waals surface area contributed by atoms with Gasteiger partial charge in [-0.05, 0) is 31.8 Å². The molecule has 2 atom stereocenters. The van der Waals surface area contributed by atoms with E-state index in [0.717, 1.165) is 38.6 Å². The smallest absolute Gasteiger partial charge is 0.158 e. The van der Waals surface area contributed by atoms with E-state index in [1.54, 1.807) is 0 Å². The topological polar surface area (TPSA) is 35.5 Å². The summed E-state index contributed by atoms with van der Waals surface area (Å²) >= 11 is 0. The summed E-state index contributed by atoms with van der Waals surface area (Å²) in [5.74, 6) is 0. The molecule has 1 saturated heterocycles. The lowest BCUT2D eigenvalue weighted by molar-refractivity contribution is -0.179. The van der Waals surface area contributed by atoms with E-state index in [4.69, 9.17) is 9.47 Å². The molecule has 1 fully saturated rings. The molecule has 3 nitrogen and oxygen atoms in total. The second kappa shape index (κ2) is 9.37. The summed E-state index contributed by atoms with van der Waals surface area (Å²) in [5.41, 5.74) is 0. The molecule has 98 valence electrons. The highest BCUT2D eigenvalue weighted by molar-refractivity contribution is 5.64. The Morgan fingerprint density at radius 3 is 2.94 bits per heavy atom. The van der Waals surface area contributed by atoms with Crippen molar-refractivity contribution in [1.29, 1.82) is 0 Å². The molecule has 1 aliphatic heterocycles. The fourth-order valence-corrected chi connectivity index (χ4v) is 1.99. The average Bonchev–Trinajstić information content (AvgIpc) is 2.37. The summed E-state index contributed by atoms with van der Waals surface area (Å²) in [6.07, 6.45) is 11.9. The molecule has 1 rings (SSSR count). The van der Waals surface area contributed by atoms with Crippen LogP contribution in [-0.2, 0) is 14.3 Å². The van der Waals surface area contributed by atoms with Crippen LogP contribution in [0.15, 0.2) is 12.2 Å². The van der Waals surface area contributed by atoms with Crippen molar-refractivity contribution in [3.05, 3.63) is 12.2 Å². The molecule has 0 aromatic carbocycles. The van der Waals surface area contributed by atoms with Gasteiger partial charge in [0.25, 0.3) is 0 Å². The Morgan fingerprint density at radius 1 is 1.41 bits per heavy atom. The van der Waals surface area contributed by atoms with E-state index in [0.29, 0.717) is 0 Å². The molecular formula is C14H24O3. The van der Waals surface area contributed by atoms with Gasteiger partial charge in [0.2, 0.25) is 0 Å². The number of hydrogen-bond donors (Lipinski definition) is 0. The van der Waals surface area contributed by atoms with Crippen molar-refractivity contribution >= 4 is 6.29 Å². The zero-order chi connectivity index (χ0) is 12.3. The maximum Gasteiger partial charge on any atom is 0.158 e. The molecule has 1 heterocycles. The van der Waals surface area contributed by atoms with Gasteiger partial charge in [0.1, 0.15) is 6.29 Å². The lowest BCUT2D eigenvalue weighted by atomic mass is 10.1. The van der Waals surface area contributed by atoms with E-state index in [-0.39, 0.29) is 12.4 Å². The number of allylic oxidation sites excluding steroid dienone is 1. The number of carbonyl (C=O) groups is 1. The lowest BCUT2D eigenvalue weighted by Gasteiger charge is -2.26.